The highest BCUT2D eigenvalue weighted by Gasteiger charge is 2.21. The van der Waals surface area contributed by atoms with E-state index in [4.69, 9.17) is 5.73 Å². The van der Waals surface area contributed by atoms with Crippen LogP contribution in [0.5, 0.6) is 0 Å². The van der Waals surface area contributed by atoms with Gasteiger partial charge in [0, 0.05) is 17.2 Å². The first-order valence-electron chi connectivity index (χ1n) is 5.51. The summed E-state index contributed by atoms with van der Waals surface area (Å²) >= 11 is 3.27. The van der Waals surface area contributed by atoms with Gasteiger partial charge in [0.05, 0.1) is 10.6 Å². The van der Waals surface area contributed by atoms with E-state index in [1.54, 1.807) is 48.5 Å². The van der Waals surface area contributed by atoms with Gasteiger partial charge in [-0.3, -0.25) is 4.31 Å². The molecule has 6 heteroatoms. The summed E-state index contributed by atoms with van der Waals surface area (Å²) in [5.41, 5.74) is 6.72. The average molecular weight is 341 g/mol. The molecule has 0 aliphatic carbocycles. The van der Waals surface area contributed by atoms with Gasteiger partial charge in [-0.2, -0.15) is 0 Å². The van der Waals surface area contributed by atoms with Crippen molar-refractivity contribution in [3.05, 3.63) is 53.0 Å². The van der Waals surface area contributed by atoms with Gasteiger partial charge in [0.25, 0.3) is 10.0 Å². The third kappa shape index (κ3) is 2.90. The van der Waals surface area contributed by atoms with E-state index in [0.717, 1.165) is 4.47 Å². The van der Waals surface area contributed by atoms with Gasteiger partial charge in [-0.1, -0.05) is 28.1 Å². The highest BCUT2D eigenvalue weighted by Crippen LogP contribution is 2.25. The first-order valence-corrected chi connectivity index (χ1v) is 7.74. The lowest BCUT2D eigenvalue weighted by atomic mass is 10.3. The Morgan fingerprint density at radius 1 is 1.11 bits per heavy atom. The minimum Gasteiger partial charge on any atom is -0.399 e. The molecule has 0 unspecified atom stereocenters. The summed E-state index contributed by atoms with van der Waals surface area (Å²) in [5.74, 6) is 0. The Hall–Kier alpha value is -1.53. The van der Waals surface area contributed by atoms with Crippen molar-refractivity contribution in [1.29, 1.82) is 0 Å². The van der Waals surface area contributed by atoms with Crippen LogP contribution < -0.4 is 10.0 Å². The smallest absolute Gasteiger partial charge is 0.264 e. The SMILES string of the molecule is CN(c1cccc(N)c1)S(=O)(=O)c1cccc(Br)c1. The van der Waals surface area contributed by atoms with Crippen molar-refractivity contribution in [1.82, 2.24) is 0 Å². The number of anilines is 2. The Morgan fingerprint density at radius 2 is 1.79 bits per heavy atom. The van der Waals surface area contributed by atoms with Crippen molar-refractivity contribution < 1.29 is 8.42 Å². The molecule has 0 aliphatic rings. The Labute approximate surface area is 121 Å². The topological polar surface area (TPSA) is 63.4 Å². The van der Waals surface area contributed by atoms with Gasteiger partial charge < -0.3 is 5.73 Å². The van der Waals surface area contributed by atoms with Gasteiger partial charge in [-0.05, 0) is 36.4 Å². The summed E-state index contributed by atoms with van der Waals surface area (Å²) in [6, 6.07) is 13.3. The van der Waals surface area contributed by atoms with Gasteiger partial charge in [0.1, 0.15) is 0 Å². The fourth-order valence-corrected chi connectivity index (χ4v) is 3.43. The number of hydrogen-bond donors (Lipinski definition) is 1. The molecule has 2 rings (SSSR count). The van der Waals surface area contributed by atoms with E-state index in [9.17, 15) is 8.42 Å². The number of nitrogens with zero attached hydrogens (tertiary/aromatic N) is 1. The molecule has 0 fully saturated rings. The summed E-state index contributed by atoms with van der Waals surface area (Å²) in [7, 11) is -2.08. The predicted molar refractivity (Wildman–Crippen MR) is 80.6 cm³/mol. The molecule has 0 atom stereocenters. The van der Waals surface area contributed by atoms with Crippen LogP contribution in [0.4, 0.5) is 11.4 Å². The van der Waals surface area contributed by atoms with Crippen LogP contribution in [0.15, 0.2) is 57.9 Å². The summed E-state index contributed by atoms with van der Waals surface area (Å²) in [6.45, 7) is 0. The van der Waals surface area contributed by atoms with Gasteiger partial charge >= 0.3 is 0 Å². The number of halogens is 1. The van der Waals surface area contributed by atoms with Crippen molar-refractivity contribution in [3.63, 3.8) is 0 Å². The van der Waals surface area contributed by atoms with Crippen LogP contribution in [0.2, 0.25) is 0 Å². The highest BCUT2D eigenvalue weighted by molar-refractivity contribution is 9.10. The van der Waals surface area contributed by atoms with Gasteiger partial charge in [-0.25, -0.2) is 8.42 Å². The number of nitrogens with two attached hydrogens (primary N) is 1. The summed E-state index contributed by atoms with van der Waals surface area (Å²) in [4.78, 5) is 0.229. The molecule has 2 N–H and O–H groups in total. The first-order chi connectivity index (χ1) is 8.91. The zero-order valence-corrected chi connectivity index (χ0v) is 12.6. The molecule has 0 aromatic heterocycles. The minimum absolute atomic E-state index is 0.229. The van der Waals surface area contributed by atoms with Crippen molar-refractivity contribution in [3.8, 4) is 0 Å². The van der Waals surface area contributed by atoms with Crippen LogP contribution in [0.3, 0.4) is 0 Å². The van der Waals surface area contributed by atoms with Crippen LogP contribution in [-0.2, 0) is 10.0 Å². The second kappa shape index (κ2) is 5.22. The molecule has 19 heavy (non-hydrogen) atoms. The lowest BCUT2D eigenvalue weighted by Gasteiger charge is -2.19. The van der Waals surface area contributed by atoms with E-state index in [-0.39, 0.29) is 4.90 Å². The molecule has 0 heterocycles. The van der Waals surface area contributed by atoms with Crippen molar-refractivity contribution >= 4 is 37.3 Å². The van der Waals surface area contributed by atoms with Crippen LogP contribution in [0.1, 0.15) is 0 Å². The lowest BCUT2D eigenvalue weighted by Crippen LogP contribution is -2.26. The zero-order chi connectivity index (χ0) is 14.0. The summed E-state index contributed by atoms with van der Waals surface area (Å²) < 4.78 is 26.9. The van der Waals surface area contributed by atoms with Crippen LogP contribution in [-0.4, -0.2) is 15.5 Å². The van der Waals surface area contributed by atoms with E-state index < -0.39 is 10.0 Å². The van der Waals surface area contributed by atoms with Crippen LogP contribution in [0, 0.1) is 0 Å². The molecule has 0 amide bonds. The zero-order valence-electron chi connectivity index (χ0n) is 10.2. The van der Waals surface area contributed by atoms with E-state index in [1.165, 1.54) is 11.4 Å². The van der Waals surface area contributed by atoms with Crippen molar-refractivity contribution in [2.24, 2.45) is 0 Å². The summed E-state index contributed by atoms with van der Waals surface area (Å²) in [6.07, 6.45) is 0. The fraction of sp³-hybridized carbons (Fsp3) is 0.0769. The van der Waals surface area contributed by atoms with Gasteiger partial charge in [0.15, 0.2) is 0 Å². The monoisotopic (exact) mass is 340 g/mol. The molecule has 0 aliphatic heterocycles. The van der Waals surface area contributed by atoms with E-state index in [0.29, 0.717) is 11.4 Å². The number of hydrogen-bond acceptors (Lipinski definition) is 3. The van der Waals surface area contributed by atoms with E-state index in [2.05, 4.69) is 15.9 Å². The number of rotatable bonds is 3. The van der Waals surface area contributed by atoms with E-state index >= 15 is 0 Å². The minimum atomic E-state index is -3.58. The van der Waals surface area contributed by atoms with Crippen LogP contribution >= 0.6 is 15.9 Å². The summed E-state index contributed by atoms with van der Waals surface area (Å²) in [5, 5.41) is 0. The van der Waals surface area contributed by atoms with Gasteiger partial charge in [-0.15, -0.1) is 0 Å². The second-order valence-corrected chi connectivity index (χ2v) is 6.91. The molecule has 0 bridgehead atoms. The quantitative estimate of drug-likeness (QED) is 0.873. The van der Waals surface area contributed by atoms with Gasteiger partial charge in [0.2, 0.25) is 0 Å². The number of nitrogen functional groups attached to an aromatic ring is 1. The van der Waals surface area contributed by atoms with Crippen LogP contribution in [0.25, 0.3) is 0 Å². The third-order valence-electron chi connectivity index (χ3n) is 2.69. The number of benzene rings is 2. The molecule has 0 spiro atoms. The molecular weight excluding hydrogens is 328 g/mol. The normalized spacial score (nSPS) is 11.3. The lowest BCUT2D eigenvalue weighted by molar-refractivity contribution is 0.594. The Kier molecular flexibility index (Phi) is 3.82. The Balaban J connectivity index is 2.45. The maximum absolute atomic E-state index is 12.5. The number of sulfonamides is 1. The highest BCUT2D eigenvalue weighted by atomic mass is 79.9. The fourth-order valence-electron chi connectivity index (χ4n) is 1.65. The first kappa shape index (κ1) is 13.9. The molecular formula is C13H13BrN2O2S. The van der Waals surface area contributed by atoms with E-state index in [1.807, 2.05) is 0 Å². The molecule has 2 aromatic carbocycles. The molecule has 0 saturated heterocycles. The molecule has 0 radical (unpaired) electrons. The Morgan fingerprint density at radius 3 is 2.42 bits per heavy atom. The maximum Gasteiger partial charge on any atom is 0.264 e. The molecule has 0 saturated carbocycles. The van der Waals surface area contributed by atoms with Crippen molar-refractivity contribution in [2.45, 2.75) is 4.90 Å². The molecule has 4 nitrogen and oxygen atoms in total. The third-order valence-corrected chi connectivity index (χ3v) is 4.96. The predicted octanol–water partition coefficient (Wildman–Crippen LogP) is 2.86. The average Bonchev–Trinajstić information content (AvgIpc) is 2.38. The molecule has 2 aromatic rings. The second-order valence-electron chi connectivity index (χ2n) is 4.02. The standard InChI is InChI=1S/C13H13BrN2O2S/c1-16(12-6-3-5-11(15)9-12)19(17,18)13-7-2-4-10(14)8-13/h2-9H,15H2,1H3. The largest absolute Gasteiger partial charge is 0.399 e. The van der Waals surface area contributed by atoms with Crippen molar-refractivity contribution in [2.75, 3.05) is 17.1 Å². The Bertz CT molecular complexity index is 701. The maximum atomic E-state index is 12.5. The molecule has 100 valence electrons.